The van der Waals surface area contributed by atoms with Crippen molar-refractivity contribution in [2.24, 2.45) is 0 Å². The Morgan fingerprint density at radius 2 is 1.93 bits per heavy atom. The van der Waals surface area contributed by atoms with Crippen LogP contribution >= 0.6 is 11.3 Å². The highest BCUT2D eigenvalue weighted by Gasteiger charge is 2.26. The zero-order valence-corrected chi connectivity index (χ0v) is 15.6. The van der Waals surface area contributed by atoms with E-state index in [-0.39, 0.29) is 17.4 Å². The average molecular weight is 393 g/mol. The molecule has 2 aromatic heterocycles. The van der Waals surface area contributed by atoms with Crippen molar-refractivity contribution in [3.63, 3.8) is 0 Å². The molecule has 0 fully saturated rings. The smallest absolute Gasteiger partial charge is 0.373 e. The van der Waals surface area contributed by atoms with Gasteiger partial charge in [0.25, 0.3) is 0 Å². The summed E-state index contributed by atoms with van der Waals surface area (Å²) in [5, 5.41) is 15.1. The zero-order valence-electron chi connectivity index (χ0n) is 14.8. The SMILES string of the molecule is CCc1ccc(Oc2ncnc(Nc3nc4ccccc4s3)c2[N+](=O)[O-])cc1. The van der Waals surface area contributed by atoms with Crippen LogP contribution in [0, 0.1) is 10.1 Å². The van der Waals surface area contributed by atoms with Gasteiger partial charge in [0.2, 0.25) is 5.82 Å². The number of nitro groups is 1. The predicted molar refractivity (Wildman–Crippen MR) is 107 cm³/mol. The van der Waals surface area contributed by atoms with E-state index in [2.05, 4.69) is 20.3 Å². The second-order valence-electron chi connectivity index (χ2n) is 5.84. The molecular formula is C19H15N5O3S. The summed E-state index contributed by atoms with van der Waals surface area (Å²) in [5.74, 6) is 0.358. The van der Waals surface area contributed by atoms with Crippen LogP contribution < -0.4 is 10.1 Å². The van der Waals surface area contributed by atoms with Gasteiger partial charge in [-0.2, -0.15) is 4.98 Å². The Labute approximate surface area is 164 Å². The molecule has 9 heteroatoms. The molecule has 0 spiro atoms. The molecule has 0 amide bonds. The predicted octanol–water partition coefficient (Wildman–Crippen LogP) is 5.09. The van der Waals surface area contributed by atoms with E-state index < -0.39 is 4.92 Å². The highest BCUT2D eigenvalue weighted by atomic mass is 32.1. The van der Waals surface area contributed by atoms with Gasteiger partial charge in [0, 0.05) is 0 Å². The number of fused-ring (bicyclic) bond motifs is 1. The second kappa shape index (κ2) is 7.57. The van der Waals surface area contributed by atoms with Gasteiger partial charge in [0.15, 0.2) is 5.13 Å². The van der Waals surface area contributed by atoms with E-state index in [0.29, 0.717) is 10.9 Å². The van der Waals surface area contributed by atoms with E-state index in [9.17, 15) is 10.1 Å². The fourth-order valence-corrected chi connectivity index (χ4v) is 3.49. The topological polar surface area (TPSA) is 103 Å². The molecule has 0 unspecified atom stereocenters. The van der Waals surface area contributed by atoms with Crippen molar-refractivity contribution < 1.29 is 9.66 Å². The fourth-order valence-electron chi connectivity index (χ4n) is 2.63. The van der Waals surface area contributed by atoms with Crippen LogP contribution in [-0.4, -0.2) is 19.9 Å². The molecule has 0 saturated heterocycles. The molecule has 28 heavy (non-hydrogen) atoms. The molecule has 0 atom stereocenters. The number of anilines is 2. The molecule has 2 heterocycles. The summed E-state index contributed by atoms with van der Waals surface area (Å²) >= 11 is 1.38. The molecule has 140 valence electrons. The molecule has 4 aromatic rings. The van der Waals surface area contributed by atoms with Gasteiger partial charge >= 0.3 is 11.6 Å². The third-order valence-electron chi connectivity index (χ3n) is 4.04. The molecular weight excluding hydrogens is 378 g/mol. The standard InChI is InChI=1S/C19H15N5O3S/c1-2-12-7-9-13(10-8-12)27-18-16(24(25)26)17(20-11-21-18)23-19-22-14-5-3-4-6-15(14)28-19/h3-11H,2H2,1H3,(H,20,21,22,23). The Morgan fingerprint density at radius 3 is 2.64 bits per heavy atom. The van der Waals surface area contributed by atoms with Gasteiger partial charge in [0.05, 0.1) is 15.1 Å². The highest BCUT2D eigenvalue weighted by molar-refractivity contribution is 7.22. The number of hydrogen-bond acceptors (Lipinski definition) is 8. The normalized spacial score (nSPS) is 10.8. The van der Waals surface area contributed by atoms with E-state index >= 15 is 0 Å². The van der Waals surface area contributed by atoms with Crippen LogP contribution in [0.15, 0.2) is 54.9 Å². The van der Waals surface area contributed by atoms with Gasteiger partial charge in [-0.25, -0.2) is 9.97 Å². The summed E-state index contributed by atoms with van der Waals surface area (Å²) in [4.78, 5) is 23.5. The first-order chi connectivity index (χ1) is 13.6. The van der Waals surface area contributed by atoms with Crippen molar-refractivity contribution in [1.29, 1.82) is 0 Å². The van der Waals surface area contributed by atoms with Crippen LogP contribution in [0.1, 0.15) is 12.5 Å². The minimum Gasteiger partial charge on any atom is -0.434 e. The summed E-state index contributed by atoms with van der Waals surface area (Å²) in [6.45, 7) is 2.05. The number of nitrogens with zero attached hydrogens (tertiary/aromatic N) is 4. The summed E-state index contributed by atoms with van der Waals surface area (Å²) in [5.41, 5.74) is 1.60. The Hall–Kier alpha value is -3.59. The summed E-state index contributed by atoms with van der Waals surface area (Å²) in [6, 6.07) is 14.9. The lowest BCUT2D eigenvalue weighted by atomic mass is 10.2. The number of thiazole rings is 1. The fraction of sp³-hybridized carbons (Fsp3) is 0.105. The Bertz CT molecular complexity index is 1110. The maximum atomic E-state index is 11.7. The first-order valence-electron chi connectivity index (χ1n) is 8.53. The number of nitrogens with one attached hydrogen (secondary N) is 1. The molecule has 8 nitrogen and oxygen atoms in total. The summed E-state index contributed by atoms with van der Waals surface area (Å²) in [7, 11) is 0. The lowest BCUT2D eigenvalue weighted by Crippen LogP contribution is -2.03. The number of para-hydroxylation sites is 1. The van der Waals surface area contributed by atoms with Gasteiger partial charge in [-0.1, -0.05) is 42.5 Å². The van der Waals surface area contributed by atoms with E-state index in [1.54, 1.807) is 12.1 Å². The molecule has 2 aromatic carbocycles. The van der Waals surface area contributed by atoms with Gasteiger partial charge in [-0.3, -0.25) is 10.1 Å². The molecule has 0 aliphatic rings. The largest absolute Gasteiger partial charge is 0.434 e. The Morgan fingerprint density at radius 1 is 1.14 bits per heavy atom. The van der Waals surface area contributed by atoms with Crippen molar-refractivity contribution >= 4 is 38.2 Å². The lowest BCUT2D eigenvalue weighted by molar-refractivity contribution is -0.385. The van der Waals surface area contributed by atoms with Crippen LogP contribution in [-0.2, 0) is 6.42 Å². The minimum atomic E-state index is -0.564. The van der Waals surface area contributed by atoms with E-state index in [1.807, 2.05) is 43.3 Å². The molecule has 0 saturated carbocycles. The lowest BCUT2D eigenvalue weighted by Gasteiger charge is -2.08. The summed E-state index contributed by atoms with van der Waals surface area (Å²) < 4.78 is 6.62. The number of hydrogen-bond donors (Lipinski definition) is 1. The zero-order chi connectivity index (χ0) is 19.5. The van der Waals surface area contributed by atoms with Crippen molar-refractivity contribution in [2.75, 3.05) is 5.32 Å². The van der Waals surface area contributed by atoms with Crippen LogP contribution in [0.4, 0.5) is 16.6 Å². The van der Waals surface area contributed by atoms with Gasteiger partial charge in [0.1, 0.15) is 12.1 Å². The molecule has 4 rings (SSSR count). The number of rotatable bonds is 6. The van der Waals surface area contributed by atoms with Crippen LogP contribution in [0.3, 0.4) is 0 Å². The highest BCUT2D eigenvalue weighted by Crippen LogP contribution is 2.37. The number of aryl methyl sites for hydroxylation is 1. The van der Waals surface area contributed by atoms with Gasteiger partial charge in [-0.05, 0) is 36.2 Å². The number of benzene rings is 2. The third kappa shape index (κ3) is 3.60. The van der Waals surface area contributed by atoms with Crippen LogP contribution in [0.2, 0.25) is 0 Å². The van der Waals surface area contributed by atoms with Crippen molar-refractivity contribution in [1.82, 2.24) is 15.0 Å². The Kier molecular flexibility index (Phi) is 4.81. The van der Waals surface area contributed by atoms with Gasteiger partial charge in [-0.15, -0.1) is 0 Å². The second-order valence-corrected chi connectivity index (χ2v) is 6.88. The van der Waals surface area contributed by atoms with E-state index in [1.165, 1.54) is 17.7 Å². The monoisotopic (exact) mass is 393 g/mol. The Balaban J connectivity index is 1.67. The minimum absolute atomic E-state index is 0.0271. The average Bonchev–Trinajstić information content (AvgIpc) is 3.11. The maximum absolute atomic E-state index is 11.7. The quantitative estimate of drug-likeness (QED) is 0.359. The molecule has 0 radical (unpaired) electrons. The van der Waals surface area contributed by atoms with E-state index in [0.717, 1.165) is 22.2 Å². The first-order valence-corrected chi connectivity index (χ1v) is 9.34. The molecule has 1 N–H and O–H groups in total. The van der Waals surface area contributed by atoms with Crippen molar-refractivity contribution in [3.8, 4) is 11.6 Å². The molecule has 0 aliphatic carbocycles. The molecule has 0 bridgehead atoms. The van der Waals surface area contributed by atoms with Gasteiger partial charge < -0.3 is 10.1 Å². The number of ether oxygens (including phenoxy) is 1. The van der Waals surface area contributed by atoms with E-state index in [4.69, 9.17) is 4.74 Å². The molecule has 0 aliphatic heterocycles. The van der Waals surface area contributed by atoms with Crippen LogP contribution in [0.25, 0.3) is 10.2 Å². The number of aromatic nitrogens is 3. The van der Waals surface area contributed by atoms with Crippen LogP contribution in [0.5, 0.6) is 11.6 Å². The first kappa shape index (κ1) is 17.8. The third-order valence-corrected chi connectivity index (χ3v) is 4.99. The maximum Gasteiger partial charge on any atom is 0.373 e. The summed E-state index contributed by atoms with van der Waals surface area (Å²) in [6.07, 6.45) is 2.11. The van der Waals surface area contributed by atoms with Crippen molar-refractivity contribution in [3.05, 3.63) is 70.5 Å². The van der Waals surface area contributed by atoms with Crippen molar-refractivity contribution in [2.45, 2.75) is 13.3 Å².